The molecule has 5 aliphatic rings. The molecule has 2 aromatic heterocycles. The summed E-state index contributed by atoms with van der Waals surface area (Å²) in [6.07, 6.45) is 11.2. The first-order valence-corrected chi connectivity index (χ1v) is 14.2. The normalized spacial score (nSPS) is 32.9. The molecule has 5 aliphatic carbocycles. The van der Waals surface area contributed by atoms with E-state index in [1.807, 2.05) is 11.6 Å². The zero-order valence-electron chi connectivity index (χ0n) is 20.4. The number of anilines is 1. The van der Waals surface area contributed by atoms with Crippen LogP contribution in [0.25, 0.3) is 0 Å². The Bertz CT molecular complexity index is 1160. The van der Waals surface area contributed by atoms with Crippen LogP contribution in [0.15, 0.2) is 6.33 Å². The third-order valence-corrected chi connectivity index (χ3v) is 10.2. The van der Waals surface area contributed by atoms with Gasteiger partial charge in [0.05, 0.1) is 23.1 Å². The summed E-state index contributed by atoms with van der Waals surface area (Å²) in [6.45, 7) is 4.64. The highest BCUT2D eigenvalue weighted by molar-refractivity contribution is 7.17. The number of amides is 1. The standard InChI is InChI=1S/C26H33ClN4O3S/c1-3-6-34-22(32)20-18-5-4-15(2)7-19(18)35-21(20)29-23(33)25-9-16-8-17(10-25)12-26(11-16,13-25)31-14-28-24(27)30-31/h14-17H,3-13H2,1-2H3,(H,29,33)/t15-,16+,17+,25?,26?/m1/s1. The van der Waals surface area contributed by atoms with E-state index in [4.69, 9.17) is 16.3 Å². The summed E-state index contributed by atoms with van der Waals surface area (Å²) in [6, 6.07) is 0. The van der Waals surface area contributed by atoms with Crippen molar-refractivity contribution in [3.05, 3.63) is 27.6 Å². The van der Waals surface area contributed by atoms with Crippen molar-refractivity contribution < 1.29 is 14.3 Å². The van der Waals surface area contributed by atoms with Crippen LogP contribution >= 0.6 is 22.9 Å². The van der Waals surface area contributed by atoms with Gasteiger partial charge in [-0.1, -0.05) is 13.8 Å². The fourth-order valence-corrected chi connectivity index (χ4v) is 9.30. The molecule has 0 saturated heterocycles. The topological polar surface area (TPSA) is 86.1 Å². The molecule has 2 heterocycles. The lowest BCUT2D eigenvalue weighted by atomic mass is 9.46. The molecule has 1 amide bonds. The van der Waals surface area contributed by atoms with E-state index in [9.17, 15) is 9.59 Å². The number of fused-ring (bicyclic) bond motifs is 1. The van der Waals surface area contributed by atoms with E-state index in [2.05, 4.69) is 22.3 Å². The van der Waals surface area contributed by atoms with Crippen molar-refractivity contribution in [3.63, 3.8) is 0 Å². The first-order valence-electron chi connectivity index (χ1n) is 13.0. The second kappa shape index (κ2) is 8.58. The molecule has 188 valence electrons. The summed E-state index contributed by atoms with van der Waals surface area (Å²) in [4.78, 5) is 32.6. The summed E-state index contributed by atoms with van der Waals surface area (Å²) in [5.41, 5.74) is 1.03. The van der Waals surface area contributed by atoms with Crippen LogP contribution in [0.1, 0.15) is 86.0 Å². The highest BCUT2D eigenvalue weighted by Gasteiger charge is 2.62. The molecule has 0 aliphatic heterocycles. The van der Waals surface area contributed by atoms with Gasteiger partial charge in [0.1, 0.15) is 11.3 Å². The fourth-order valence-electron chi connectivity index (χ4n) is 7.78. The lowest BCUT2D eigenvalue weighted by Gasteiger charge is -2.60. The van der Waals surface area contributed by atoms with Gasteiger partial charge in [-0.2, -0.15) is 0 Å². The number of aromatic nitrogens is 3. The van der Waals surface area contributed by atoms with Crippen molar-refractivity contribution in [2.24, 2.45) is 23.2 Å². The Morgan fingerprint density at radius 2 is 2.06 bits per heavy atom. The first-order chi connectivity index (χ1) is 16.8. The smallest absolute Gasteiger partial charge is 0.341 e. The minimum Gasteiger partial charge on any atom is -0.462 e. The summed E-state index contributed by atoms with van der Waals surface area (Å²) < 4.78 is 7.50. The Morgan fingerprint density at radius 3 is 2.74 bits per heavy atom. The van der Waals surface area contributed by atoms with Crippen LogP contribution in [0.3, 0.4) is 0 Å². The number of halogens is 1. The molecule has 0 unspecified atom stereocenters. The number of rotatable bonds is 6. The van der Waals surface area contributed by atoms with Gasteiger partial charge < -0.3 is 10.1 Å². The largest absolute Gasteiger partial charge is 0.462 e. The summed E-state index contributed by atoms with van der Waals surface area (Å²) in [5, 5.41) is 8.69. The maximum Gasteiger partial charge on any atom is 0.341 e. The van der Waals surface area contributed by atoms with Crippen LogP contribution in [-0.2, 0) is 27.9 Å². The van der Waals surface area contributed by atoms with E-state index >= 15 is 0 Å². The van der Waals surface area contributed by atoms with Crippen molar-refractivity contribution in [1.29, 1.82) is 0 Å². The monoisotopic (exact) mass is 516 g/mol. The third kappa shape index (κ3) is 3.91. The zero-order valence-corrected chi connectivity index (χ0v) is 22.0. The molecular formula is C26H33ClN4O3S. The number of carbonyl (C=O) groups excluding carboxylic acids is 2. The average molecular weight is 517 g/mol. The molecule has 4 bridgehead atoms. The van der Waals surface area contributed by atoms with E-state index in [0.29, 0.717) is 34.9 Å². The van der Waals surface area contributed by atoms with E-state index < -0.39 is 5.41 Å². The van der Waals surface area contributed by atoms with Gasteiger partial charge in [0.25, 0.3) is 0 Å². The molecule has 4 saturated carbocycles. The summed E-state index contributed by atoms with van der Waals surface area (Å²) >= 11 is 7.66. The average Bonchev–Trinajstić information content (AvgIpc) is 3.40. The Kier molecular flexibility index (Phi) is 5.75. The minimum atomic E-state index is -0.453. The van der Waals surface area contributed by atoms with E-state index in [0.717, 1.165) is 63.4 Å². The second-order valence-corrected chi connectivity index (χ2v) is 13.0. The predicted octanol–water partition coefficient (Wildman–Crippen LogP) is 5.62. The maximum atomic E-state index is 14.1. The van der Waals surface area contributed by atoms with Gasteiger partial charge in [-0.3, -0.25) is 4.79 Å². The Balaban J connectivity index is 1.32. The number of esters is 1. The number of hydrogen-bond donors (Lipinski definition) is 1. The number of carbonyl (C=O) groups is 2. The van der Waals surface area contributed by atoms with Crippen LogP contribution in [0.2, 0.25) is 5.28 Å². The summed E-state index contributed by atoms with van der Waals surface area (Å²) in [7, 11) is 0. The first kappa shape index (κ1) is 23.5. The second-order valence-electron chi connectivity index (χ2n) is 11.6. The van der Waals surface area contributed by atoms with Crippen LogP contribution in [0.5, 0.6) is 0 Å². The Labute approximate surface area is 215 Å². The SMILES string of the molecule is CCCOC(=O)c1c(NC(=O)C23C[C@@H]4C[C@@H](C2)CC(n2cnc(Cl)n2)(C4)C3)sc2c1CC[C@@H](C)C2. The van der Waals surface area contributed by atoms with Gasteiger partial charge in [0.15, 0.2) is 0 Å². The molecular weight excluding hydrogens is 484 g/mol. The number of thiophene rings is 1. The van der Waals surface area contributed by atoms with Gasteiger partial charge >= 0.3 is 5.97 Å². The molecule has 0 aromatic carbocycles. The van der Waals surface area contributed by atoms with E-state index in [1.54, 1.807) is 17.7 Å². The van der Waals surface area contributed by atoms with Gasteiger partial charge in [-0.15, -0.1) is 16.4 Å². The predicted molar refractivity (Wildman–Crippen MR) is 135 cm³/mol. The highest BCUT2D eigenvalue weighted by Crippen LogP contribution is 2.64. The highest BCUT2D eigenvalue weighted by atomic mass is 35.5. The number of nitrogens with one attached hydrogen (secondary N) is 1. The van der Waals surface area contributed by atoms with Crippen molar-refractivity contribution in [3.8, 4) is 0 Å². The fraction of sp³-hybridized carbons (Fsp3) is 0.692. The quantitative estimate of drug-likeness (QED) is 0.503. The Hall–Kier alpha value is -1.93. The molecule has 0 spiro atoms. The van der Waals surface area contributed by atoms with Crippen molar-refractivity contribution in [1.82, 2.24) is 14.8 Å². The number of hydrogen-bond acceptors (Lipinski definition) is 6. The summed E-state index contributed by atoms with van der Waals surface area (Å²) in [5.74, 6) is 1.33. The van der Waals surface area contributed by atoms with E-state index in [-0.39, 0.29) is 22.7 Å². The lowest BCUT2D eigenvalue weighted by Crippen LogP contribution is -2.60. The molecule has 35 heavy (non-hydrogen) atoms. The molecule has 1 N–H and O–H groups in total. The van der Waals surface area contributed by atoms with Gasteiger partial charge in [0, 0.05) is 4.88 Å². The molecule has 9 heteroatoms. The molecule has 3 atom stereocenters. The maximum absolute atomic E-state index is 14.1. The lowest BCUT2D eigenvalue weighted by molar-refractivity contribution is -0.150. The molecule has 7 nitrogen and oxygen atoms in total. The minimum absolute atomic E-state index is 0.0541. The molecule has 0 radical (unpaired) electrons. The van der Waals surface area contributed by atoms with Gasteiger partial charge in [0.2, 0.25) is 11.2 Å². The van der Waals surface area contributed by atoms with Crippen molar-refractivity contribution in [2.75, 3.05) is 11.9 Å². The third-order valence-electron chi connectivity index (χ3n) is 8.84. The number of ether oxygens (including phenoxy) is 1. The van der Waals surface area contributed by atoms with Crippen LogP contribution in [-0.4, -0.2) is 33.2 Å². The number of nitrogens with zero attached hydrogens (tertiary/aromatic N) is 3. The van der Waals surface area contributed by atoms with Crippen LogP contribution < -0.4 is 5.32 Å². The Morgan fingerprint density at radius 1 is 1.29 bits per heavy atom. The van der Waals surface area contributed by atoms with E-state index in [1.165, 1.54) is 11.3 Å². The van der Waals surface area contributed by atoms with Gasteiger partial charge in [-0.05, 0) is 99.1 Å². The zero-order chi connectivity index (χ0) is 24.4. The van der Waals surface area contributed by atoms with Crippen LogP contribution in [0, 0.1) is 23.2 Å². The van der Waals surface area contributed by atoms with Gasteiger partial charge in [-0.25, -0.2) is 14.5 Å². The molecule has 7 rings (SSSR count). The van der Waals surface area contributed by atoms with Crippen LogP contribution in [0.4, 0.5) is 5.00 Å². The molecule has 2 aromatic rings. The van der Waals surface area contributed by atoms with Crippen molar-refractivity contribution in [2.45, 2.75) is 83.6 Å². The van der Waals surface area contributed by atoms with Crippen molar-refractivity contribution >= 4 is 39.8 Å². The molecule has 4 fully saturated rings.